The van der Waals surface area contributed by atoms with Crippen molar-refractivity contribution in [2.45, 2.75) is 0 Å². The summed E-state index contributed by atoms with van der Waals surface area (Å²) in [6, 6.07) is 4.40. The summed E-state index contributed by atoms with van der Waals surface area (Å²) >= 11 is 2.99. The monoisotopic (exact) mass is 272 g/mol. The van der Waals surface area contributed by atoms with Crippen LogP contribution in [0.4, 0.5) is 4.39 Å². The van der Waals surface area contributed by atoms with Crippen LogP contribution in [0.25, 0.3) is 11.5 Å². The van der Waals surface area contributed by atoms with Crippen LogP contribution < -0.4 is 4.74 Å². The average molecular weight is 273 g/mol. The number of rotatable bonds is 2. The van der Waals surface area contributed by atoms with Crippen LogP contribution >= 0.6 is 15.9 Å². The molecular formula is C9H6BrFN2O2. The Bertz CT molecular complexity index is 487. The highest BCUT2D eigenvalue weighted by molar-refractivity contribution is 9.10. The van der Waals surface area contributed by atoms with Gasteiger partial charge in [-0.1, -0.05) is 0 Å². The van der Waals surface area contributed by atoms with Crippen molar-refractivity contribution in [1.82, 2.24) is 10.2 Å². The van der Waals surface area contributed by atoms with Crippen LogP contribution in [0.3, 0.4) is 0 Å². The Kier molecular flexibility index (Phi) is 2.68. The lowest BCUT2D eigenvalue weighted by Crippen LogP contribution is -1.88. The molecule has 6 heteroatoms. The number of hydrogen-bond donors (Lipinski definition) is 0. The highest BCUT2D eigenvalue weighted by atomic mass is 79.9. The summed E-state index contributed by atoms with van der Waals surface area (Å²) in [6.45, 7) is 0. The lowest BCUT2D eigenvalue weighted by atomic mass is 10.2. The normalized spacial score (nSPS) is 10.3. The molecule has 0 fully saturated rings. The minimum atomic E-state index is -0.467. The third kappa shape index (κ3) is 1.99. The van der Waals surface area contributed by atoms with E-state index >= 15 is 0 Å². The maximum Gasteiger partial charge on any atom is 0.285 e. The molecule has 78 valence electrons. The predicted octanol–water partition coefficient (Wildman–Crippen LogP) is 2.65. The molecule has 0 radical (unpaired) electrons. The second-order valence-corrected chi connectivity index (χ2v) is 3.38. The van der Waals surface area contributed by atoms with Gasteiger partial charge >= 0.3 is 0 Å². The number of benzene rings is 1. The molecule has 0 N–H and O–H groups in total. The number of aromatic nitrogens is 2. The minimum Gasteiger partial charge on any atom is -0.497 e. The molecule has 1 heterocycles. The summed E-state index contributed by atoms with van der Waals surface area (Å²) in [5, 5.41) is 7.24. The lowest BCUT2D eigenvalue weighted by Gasteiger charge is -2.01. The maximum atomic E-state index is 13.5. The Balaban J connectivity index is 2.45. The zero-order valence-corrected chi connectivity index (χ0v) is 9.28. The van der Waals surface area contributed by atoms with E-state index in [1.807, 2.05) is 0 Å². The third-order valence-corrected chi connectivity index (χ3v) is 2.13. The first kappa shape index (κ1) is 10.1. The van der Waals surface area contributed by atoms with E-state index in [2.05, 4.69) is 26.1 Å². The summed E-state index contributed by atoms with van der Waals surface area (Å²) in [5.74, 6) is 0.0994. The topological polar surface area (TPSA) is 48.2 Å². The molecule has 15 heavy (non-hydrogen) atoms. The quantitative estimate of drug-likeness (QED) is 0.843. The van der Waals surface area contributed by atoms with E-state index in [9.17, 15) is 4.39 Å². The number of methoxy groups -OCH3 is 1. The molecule has 0 aliphatic rings. The van der Waals surface area contributed by atoms with Crippen LogP contribution in [0, 0.1) is 5.82 Å². The molecule has 2 aromatic rings. The second kappa shape index (κ2) is 3.98. The Labute approximate surface area is 93.2 Å². The van der Waals surface area contributed by atoms with Crippen molar-refractivity contribution in [1.29, 1.82) is 0 Å². The average Bonchev–Trinajstić information content (AvgIpc) is 2.64. The van der Waals surface area contributed by atoms with Crippen LogP contribution in [0.1, 0.15) is 0 Å². The Morgan fingerprint density at radius 3 is 2.73 bits per heavy atom. The standard InChI is InChI=1S/C9H6BrFN2O2/c1-14-5-2-3-6(7(11)4-5)8-12-13-9(10)15-8/h2-4H,1H3. The maximum absolute atomic E-state index is 13.5. The molecule has 0 saturated heterocycles. The van der Waals surface area contributed by atoms with Crippen molar-refractivity contribution in [2.24, 2.45) is 0 Å². The largest absolute Gasteiger partial charge is 0.497 e. The fraction of sp³-hybridized carbons (Fsp3) is 0.111. The van der Waals surface area contributed by atoms with Gasteiger partial charge in [-0.2, -0.15) is 0 Å². The van der Waals surface area contributed by atoms with Gasteiger partial charge < -0.3 is 9.15 Å². The van der Waals surface area contributed by atoms with Gasteiger partial charge in [0.25, 0.3) is 10.7 Å². The van der Waals surface area contributed by atoms with Gasteiger partial charge in [0.05, 0.1) is 12.7 Å². The molecule has 4 nitrogen and oxygen atoms in total. The molecule has 1 aromatic heterocycles. The van der Waals surface area contributed by atoms with Gasteiger partial charge in [0, 0.05) is 22.0 Å². The zero-order chi connectivity index (χ0) is 10.8. The summed E-state index contributed by atoms with van der Waals surface area (Å²) in [7, 11) is 1.47. The van der Waals surface area contributed by atoms with Crippen LogP contribution in [0.2, 0.25) is 0 Å². The summed E-state index contributed by atoms with van der Waals surface area (Å²) < 4.78 is 23.4. The minimum absolute atomic E-state index is 0.127. The summed E-state index contributed by atoms with van der Waals surface area (Å²) in [6.07, 6.45) is 0. The van der Waals surface area contributed by atoms with Crippen LogP contribution in [-0.4, -0.2) is 17.3 Å². The lowest BCUT2D eigenvalue weighted by molar-refractivity contribution is 0.411. The van der Waals surface area contributed by atoms with Crippen LogP contribution in [-0.2, 0) is 0 Å². The van der Waals surface area contributed by atoms with Crippen LogP contribution in [0.15, 0.2) is 27.4 Å². The highest BCUT2D eigenvalue weighted by Gasteiger charge is 2.12. The first-order valence-electron chi connectivity index (χ1n) is 4.03. The third-order valence-electron chi connectivity index (χ3n) is 1.81. The number of nitrogens with zero attached hydrogens (tertiary/aromatic N) is 2. The molecule has 0 aliphatic heterocycles. The van der Waals surface area contributed by atoms with Crippen molar-refractivity contribution in [3.05, 3.63) is 28.8 Å². The molecule has 0 atom stereocenters. The number of ether oxygens (including phenoxy) is 1. The highest BCUT2D eigenvalue weighted by Crippen LogP contribution is 2.25. The van der Waals surface area contributed by atoms with Gasteiger partial charge in [0.2, 0.25) is 0 Å². The van der Waals surface area contributed by atoms with E-state index in [1.165, 1.54) is 19.2 Å². The fourth-order valence-electron chi connectivity index (χ4n) is 1.11. The van der Waals surface area contributed by atoms with E-state index in [4.69, 9.17) is 9.15 Å². The fourth-order valence-corrected chi connectivity index (χ4v) is 1.34. The first-order chi connectivity index (χ1) is 7.20. The van der Waals surface area contributed by atoms with Gasteiger partial charge in [-0.25, -0.2) is 4.39 Å². The molecule has 1 aromatic carbocycles. The van der Waals surface area contributed by atoms with E-state index in [0.29, 0.717) is 5.75 Å². The summed E-state index contributed by atoms with van der Waals surface area (Å²) in [5.41, 5.74) is 0.244. The molecule has 0 spiro atoms. The van der Waals surface area contributed by atoms with Gasteiger partial charge in [-0.15, -0.1) is 10.2 Å². The molecule has 0 bridgehead atoms. The Morgan fingerprint density at radius 1 is 1.40 bits per heavy atom. The number of halogens is 2. The van der Waals surface area contributed by atoms with Gasteiger partial charge in [-0.3, -0.25) is 0 Å². The van der Waals surface area contributed by atoms with E-state index in [-0.39, 0.29) is 16.3 Å². The Morgan fingerprint density at radius 2 is 2.20 bits per heavy atom. The second-order valence-electron chi connectivity index (χ2n) is 2.71. The smallest absolute Gasteiger partial charge is 0.285 e. The predicted molar refractivity (Wildman–Crippen MR) is 53.9 cm³/mol. The molecule has 2 rings (SSSR count). The van der Waals surface area contributed by atoms with Crippen molar-refractivity contribution in [3.8, 4) is 17.2 Å². The molecule has 0 saturated carbocycles. The Hall–Kier alpha value is -1.43. The van der Waals surface area contributed by atoms with Gasteiger partial charge in [-0.05, 0) is 12.1 Å². The molecule has 0 amide bonds. The zero-order valence-electron chi connectivity index (χ0n) is 7.70. The SMILES string of the molecule is COc1ccc(-c2nnc(Br)o2)c(F)c1. The number of hydrogen-bond acceptors (Lipinski definition) is 4. The van der Waals surface area contributed by atoms with Gasteiger partial charge in [0.1, 0.15) is 11.6 Å². The van der Waals surface area contributed by atoms with E-state index < -0.39 is 5.82 Å². The van der Waals surface area contributed by atoms with Crippen molar-refractivity contribution >= 4 is 15.9 Å². The van der Waals surface area contributed by atoms with Crippen molar-refractivity contribution in [3.63, 3.8) is 0 Å². The van der Waals surface area contributed by atoms with E-state index in [0.717, 1.165) is 0 Å². The molecular weight excluding hydrogens is 267 g/mol. The summed E-state index contributed by atoms with van der Waals surface area (Å²) in [4.78, 5) is 0.215. The molecule has 0 aliphatic carbocycles. The van der Waals surface area contributed by atoms with Crippen LogP contribution in [0.5, 0.6) is 5.75 Å². The van der Waals surface area contributed by atoms with E-state index in [1.54, 1.807) is 6.07 Å². The van der Waals surface area contributed by atoms with Crippen molar-refractivity contribution in [2.75, 3.05) is 7.11 Å². The first-order valence-corrected chi connectivity index (χ1v) is 4.83. The van der Waals surface area contributed by atoms with Gasteiger partial charge in [0.15, 0.2) is 0 Å². The van der Waals surface area contributed by atoms with Crippen molar-refractivity contribution < 1.29 is 13.5 Å². The molecule has 0 unspecified atom stereocenters.